The molecule has 2 atom stereocenters. The molecule has 6 nitrogen and oxygen atoms in total. The molecule has 0 aliphatic carbocycles. The second kappa shape index (κ2) is 8.57. The second-order valence-electron chi connectivity index (χ2n) is 6.81. The Hall–Kier alpha value is -1.71. The van der Waals surface area contributed by atoms with Gasteiger partial charge in [-0.3, -0.25) is 4.79 Å². The van der Waals surface area contributed by atoms with E-state index in [0.717, 1.165) is 6.07 Å². The van der Waals surface area contributed by atoms with Crippen LogP contribution in [0.1, 0.15) is 24.2 Å². The number of nitrogens with one attached hydrogen (secondary N) is 1. The lowest BCUT2D eigenvalue weighted by Gasteiger charge is -2.34. The summed E-state index contributed by atoms with van der Waals surface area (Å²) in [7, 11) is -3.93. The number of sulfonamides is 1. The third kappa shape index (κ3) is 4.90. The van der Waals surface area contributed by atoms with Gasteiger partial charge in [0.2, 0.25) is 10.0 Å². The SMILES string of the molecule is CC1CN(S(=O)(=O)c2cc(C(=O)Nc3ccc(F)c(Cl)c3)ccc2Cl)CC(C)O1. The first-order chi connectivity index (χ1) is 13.6. The minimum absolute atomic E-state index is 0.0122. The van der Waals surface area contributed by atoms with Crippen molar-refractivity contribution in [3.63, 3.8) is 0 Å². The average molecular weight is 461 g/mol. The maximum Gasteiger partial charge on any atom is 0.255 e. The van der Waals surface area contributed by atoms with E-state index in [1.807, 2.05) is 0 Å². The van der Waals surface area contributed by atoms with Gasteiger partial charge >= 0.3 is 0 Å². The van der Waals surface area contributed by atoms with Crippen LogP contribution in [0.2, 0.25) is 10.0 Å². The first kappa shape index (κ1) is 22.0. The molecular formula is C19H19Cl2FN2O4S. The summed E-state index contributed by atoms with van der Waals surface area (Å²) in [5.74, 6) is -1.19. The van der Waals surface area contributed by atoms with Crippen LogP contribution in [0.5, 0.6) is 0 Å². The third-order valence-corrected chi connectivity index (χ3v) is 6.98. The Labute approximate surface area is 178 Å². The Morgan fingerprint density at radius 1 is 1.10 bits per heavy atom. The largest absolute Gasteiger partial charge is 0.373 e. The molecule has 0 bridgehead atoms. The number of ether oxygens (including phenoxy) is 1. The highest BCUT2D eigenvalue weighted by Crippen LogP contribution is 2.28. The van der Waals surface area contributed by atoms with Gasteiger partial charge in [-0.2, -0.15) is 4.31 Å². The third-order valence-electron chi connectivity index (χ3n) is 4.37. The number of carbonyl (C=O) groups is 1. The molecule has 0 saturated carbocycles. The van der Waals surface area contributed by atoms with Crippen molar-refractivity contribution in [3.05, 3.63) is 57.8 Å². The Morgan fingerprint density at radius 3 is 2.38 bits per heavy atom. The summed E-state index contributed by atoms with van der Waals surface area (Å²) in [6.45, 7) is 3.95. The molecule has 2 aromatic rings. The van der Waals surface area contributed by atoms with Gasteiger partial charge in [0.25, 0.3) is 5.91 Å². The fourth-order valence-corrected chi connectivity index (χ4v) is 5.36. The zero-order valence-electron chi connectivity index (χ0n) is 15.7. The number of halogens is 3. The molecule has 1 amide bonds. The van der Waals surface area contributed by atoms with Crippen molar-refractivity contribution in [1.82, 2.24) is 4.31 Å². The van der Waals surface area contributed by atoms with E-state index in [-0.39, 0.29) is 51.5 Å². The van der Waals surface area contributed by atoms with Gasteiger partial charge in [-0.1, -0.05) is 23.2 Å². The fraction of sp³-hybridized carbons (Fsp3) is 0.316. The van der Waals surface area contributed by atoms with E-state index in [1.165, 1.54) is 34.6 Å². The summed E-state index contributed by atoms with van der Waals surface area (Å²) < 4.78 is 46.4. The van der Waals surface area contributed by atoms with E-state index in [2.05, 4.69) is 5.32 Å². The molecule has 0 spiro atoms. The van der Waals surface area contributed by atoms with E-state index in [0.29, 0.717) is 0 Å². The van der Waals surface area contributed by atoms with E-state index in [9.17, 15) is 17.6 Å². The van der Waals surface area contributed by atoms with E-state index in [1.54, 1.807) is 13.8 Å². The molecule has 0 radical (unpaired) electrons. The Kier molecular flexibility index (Phi) is 6.50. The maximum absolute atomic E-state index is 13.3. The highest BCUT2D eigenvalue weighted by molar-refractivity contribution is 7.89. The van der Waals surface area contributed by atoms with Crippen LogP contribution in [-0.4, -0.2) is 43.9 Å². The predicted octanol–water partition coefficient (Wildman–Crippen LogP) is 4.18. The van der Waals surface area contributed by atoms with Gasteiger partial charge in [0, 0.05) is 24.3 Å². The molecule has 3 rings (SSSR count). The molecule has 29 heavy (non-hydrogen) atoms. The van der Waals surface area contributed by atoms with Crippen LogP contribution in [0.4, 0.5) is 10.1 Å². The minimum Gasteiger partial charge on any atom is -0.373 e. The minimum atomic E-state index is -3.93. The molecular weight excluding hydrogens is 442 g/mol. The van der Waals surface area contributed by atoms with Crippen molar-refractivity contribution >= 4 is 44.8 Å². The average Bonchev–Trinajstić information content (AvgIpc) is 2.64. The first-order valence-electron chi connectivity index (χ1n) is 8.79. The van der Waals surface area contributed by atoms with Crippen LogP contribution in [-0.2, 0) is 14.8 Å². The number of hydrogen-bond acceptors (Lipinski definition) is 4. The van der Waals surface area contributed by atoms with Gasteiger partial charge in [0.1, 0.15) is 10.7 Å². The van der Waals surface area contributed by atoms with Gasteiger partial charge in [-0.25, -0.2) is 12.8 Å². The monoisotopic (exact) mass is 460 g/mol. The normalized spacial score (nSPS) is 20.4. The van der Waals surface area contributed by atoms with E-state index >= 15 is 0 Å². The lowest BCUT2D eigenvalue weighted by atomic mass is 10.2. The van der Waals surface area contributed by atoms with Crippen molar-refractivity contribution in [2.24, 2.45) is 0 Å². The van der Waals surface area contributed by atoms with Gasteiger partial charge in [0.15, 0.2) is 0 Å². The number of carbonyl (C=O) groups excluding carboxylic acids is 1. The van der Waals surface area contributed by atoms with Crippen molar-refractivity contribution < 1.29 is 22.3 Å². The second-order valence-corrected chi connectivity index (χ2v) is 9.53. The Morgan fingerprint density at radius 2 is 1.76 bits per heavy atom. The number of anilines is 1. The molecule has 1 heterocycles. The van der Waals surface area contributed by atoms with Gasteiger partial charge in [-0.05, 0) is 50.2 Å². The van der Waals surface area contributed by atoms with Crippen molar-refractivity contribution in [1.29, 1.82) is 0 Å². The lowest BCUT2D eigenvalue weighted by Crippen LogP contribution is -2.48. The molecule has 1 saturated heterocycles. The molecule has 0 aromatic heterocycles. The standard InChI is InChI=1S/C19H19Cl2FN2O4S/c1-11-9-24(10-12(2)28-11)29(26,27)18-7-13(3-5-15(18)20)19(25)23-14-4-6-17(22)16(21)8-14/h3-8,11-12H,9-10H2,1-2H3,(H,23,25). The fourth-order valence-electron chi connectivity index (χ4n) is 3.09. The molecule has 2 unspecified atom stereocenters. The number of amides is 1. The quantitative estimate of drug-likeness (QED) is 0.742. The highest BCUT2D eigenvalue weighted by Gasteiger charge is 2.33. The van der Waals surface area contributed by atoms with Gasteiger partial charge < -0.3 is 10.1 Å². The zero-order valence-corrected chi connectivity index (χ0v) is 18.0. The van der Waals surface area contributed by atoms with Gasteiger partial charge in [0.05, 0.1) is 22.3 Å². The Bertz CT molecular complexity index is 1040. The highest BCUT2D eigenvalue weighted by atomic mass is 35.5. The van der Waals surface area contributed by atoms with E-state index < -0.39 is 21.7 Å². The number of benzene rings is 2. The number of morpholine rings is 1. The topological polar surface area (TPSA) is 75.7 Å². The van der Waals surface area contributed by atoms with E-state index in [4.69, 9.17) is 27.9 Å². The summed E-state index contributed by atoms with van der Waals surface area (Å²) >= 11 is 11.9. The summed E-state index contributed by atoms with van der Waals surface area (Å²) in [6, 6.07) is 7.72. The van der Waals surface area contributed by atoms with Crippen LogP contribution in [0.15, 0.2) is 41.3 Å². The zero-order chi connectivity index (χ0) is 21.3. The van der Waals surface area contributed by atoms with Crippen LogP contribution < -0.4 is 5.32 Å². The number of rotatable bonds is 4. The van der Waals surface area contributed by atoms with Crippen molar-refractivity contribution in [2.45, 2.75) is 31.0 Å². The molecule has 1 fully saturated rings. The predicted molar refractivity (Wildman–Crippen MR) is 110 cm³/mol. The van der Waals surface area contributed by atoms with Crippen LogP contribution in [0, 0.1) is 5.82 Å². The summed E-state index contributed by atoms with van der Waals surface area (Å²) in [6.07, 6.45) is -0.524. The molecule has 2 aromatic carbocycles. The number of nitrogens with zero attached hydrogens (tertiary/aromatic N) is 1. The molecule has 1 aliphatic heterocycles. The maximum atomic E-state index is 13.3. The summed E-state index contributed by atoms with van der Waals surface area (Å²) in [5.41, 5.74) is 0.361. The molecule has 156 valence electrons. The molecule has 10 heteroatoms. The summed E-state index contributed by atoms with van der Waals surface area (Å²) in [4.78, 5) is 12.4. The van der Waals surface area contributed by atoms with Crippen molar-refractivity contribution in [2.75, 3.05) is 18.4 Å². The van der Waals surface area contributed by atoms with Crippen LogP contribution in [0.25, 0.3) is 0 Å². The smallest absolute Gasteiger partial charge is 0.255 e. The van der Waals surface area contributed by atoms with Crippen molar-refractivity contribution in [3.8, 4) is 0 Å². The summed E-state index contributed by atoms with van der Waals surface area (Å²) in [5, 5.41) is 2.43. The van der Waals surface area contributed by atoms with Crippen LogP contribution in [0.3, 0.4) is 0 Å². The lowest BCUT2D eigenvalue weighted by molar-refractivity contribution is -0.0440. The first-order valence-corrected chi connectivity index (χ1v) is 11.0. The van der Waals surface area contributed by atoms with Crippen LogP contribution >= 0.6 is 23.2 Å². The van der Waals surface area contributed by atoms with Gasteiger partial charge in [-0.15, -0.1) is 0 Å². The Balaban J connectivity index is 1.89. The molecule has 1 N–H and O–H groups in total. The molecule has 1 aliphatic rings. The number of hydrogen-bond donors (Lipinski definition) is 1.